The minimum Gasteiger partial charge on any atom is -0.460 e. The second kappa shape index (κ2) is 11.9. The first-order valence-electron chi connectivity index (χ1n) is 11.7. The first kappa shape index (κ1) is 30.0. The number of aromatic nitrogens is 2. The molecule has 0 unspecified atom stereocenters. The molecule has 2 aromatic rings. The lowest BCUT2D eigenvalue weighted by Crippen LogP contribution is -2.27. The summed E-state index contributed by atoms with van der Waals surface area (Å²) in [4.78, 5) is 33.1. The number of nitrogens with zero attached hydrogens (tertiary/aromatic N) is 3. The third-order valence-corrected chi connectivity index (χ3v) is 6.25. The molecule has 202 valence electrons. The SMILES string of the molecule is CC(C)c1nc(N(C)S(C)(=O)=O)nc(-c2ccc(F)cc2)c1C=C[C@H](O)CC(=O)CC(=O)OC(C)(C)C. The van der Waals surface area contributed by atoms with Crippen LogP contribution in [0.3, 0.4) is 0 Å². The van der Waals surface area contributed by atoms with Crippen LogP contribution >= 0.6 is 0 Å². The number of hydrogen-bond donors (Lipinski definition) is 1. The lowest BCUT2D eigenvalue weighted by Gasteiger charge is -2.20. The molecule has 1 heterocycles. The highest BCUT2D eigenvalue weighted by molar-refractivity contribution is 7.92. The lowest BCUT2D eigenvalue weighted by atomic mass is 9.97. The number of aliphatic hydroxyl groups excluding tert-OH is 1. The summed E-state index contributed by atoms with van der Waals surface area (Å²) in [5.41, 5.74) is 1.07. The summed E-state index contributed by atoms with van der Waals surface area (Å²) in [6, 6.07) is 5.52. The highest BCUT2D eigenvalue weighted by Crippen LogP contribution is 2.31. The number of benzene rings is 1. The van der Waals surface area contributed by atoms with Crippen molar-refractivity contribution in [3.8, 4) is 11.3 Å². The van der Waals surface area contributed by atoms with E-state index in [-0.39, 0.29) is 18.3 Å². The topological polar surface area (TPSA) is 127 Å². The highest BCUT2D eigenvalue weighted by Gasteiger charge is 2.23. The number of carbonyl (C=O) groups is 2. The van der Waals surface area contributed by atoms with E-state index in [9.17, 15) is 27.5 Å². The molecule has 1 aromatic carbocycles. The second-order valence-electron chi connectivity index (χ2n) is 10.00. The molecule has 11 heteroatoms. The number of anilines is 1. The first-order chi connectivity index (χ1) is 17.0. The van der Waals surface area contributed by atoms with Gasteiger partial charge >= 0.3 is 5.97 Å². The summed E-state index contributed by atoms with van der Waals surface area (Å²) in [6.07, 6.45) is 1.97. The van der Waals surface area contributed by atoms with Gasteiger partial charge in [0.05, 0.1) is 23.7 Å². The summed E-state index contributed by atoms with van der Waals surface area (Å²) in [5, 5.41) is 10.5. The molecule has 0 spiro atoms. The number of halogens is 1. The Labute approximate surface area is 217 Å². The van der Waals surface area contributed by atoms with Crippen LogP contribution in [0, 0.1) is 5.82 Å². The fraction of sp³-hybridized carbons (Fsp3) is 0.462. The van der Waals surface area contributed by atoms with Gasteiger partial charge < -0.3 is 9.84 Å². The van der Waals surface area contributed by atoms with Gasteiger partial charge in [0.1, 0.15) is 23.6 Å². The van der Waals surface area contributed by atoms with Gasteiger partial charge in [0, 0.05) is 24.6 Å². The number of sulfonamides is 1. The number of ketones is 1. The van der Waals surface area contributed by atoms with Crippen molar-refractivity contribution in [1.29, 1.82) is 0 Å². The molecule has 0 bridgehead atoms. The van der Waals surface area contributed by atoms with Gasteiger partial charge in [-0.3, -0.25) is 9.59 Å². The zero-order valence-corrected chi connectivity index (χ0v) is 23.0. The van der Waals surface area contributed by atoms with Crippen LogP contribution in [0.25, 0.3) is 17.3 Å². The predicted molar refractivity (Wildman–Crippen MR) is 140 cm³/mol. The Morgan fingerprint density at radius 2 is 1.76 bits per heavy atom. The van der Waals surface area contributed by atoms with Crippen molar-refractivity contribution in [2.45, 2.75) is 65.1 Å². The van der Waals surface area contributed by atoms with Crippen LogP contribution in [0.15, 0.2) is 30.3 Å². The Hall–Kier alpha value is -3.18. The number of hydrogen-bond acceptors (Lipinski definition) is 8. The predicted octanol–water partition coefficient (Wildman–Crippen LogP) is 3.87. The zero-order valence-electron chi connectivity index (χ0n) is 22.1. The molecule has 0 aliphatic carbocycles. The maximum atomic E-state index is 13.6. The van der Waals surface area contributed by atoms with Crippen molar-refractivity contribution in [2.75, 3.05) is 17.6 Å². The molecule has 0 fully saturated rings. The maximum absolute atomic E-state index is 13.6. The molecule has 0 amide bonds. The number of esters is 1. The van der Waals surface area contributed by atoms with Gasteiger partial charge in [-0.1, -0.05) is 26.0 Å². The quantitative estimate of drug-likeness (QED) is 0.359. The van der Waals surface area contributed by atoms with Crippen LogP contribution < -0.4 is 4.31 Å². The Kier molecular flexibility index (Phi) is 9.67. The summed E-state index contributed by atoms with van der Waals surface area (Å²) in [6.45, 7) is 8.80. The van der Waals surface area contributed by atoms with E-state index in [2.05, 4.69) is 9.97 Å². The van der Waals surface area contributed by atoms with Gasteiger partial charge in [0.25, 0.3) is 0 Å². The Morgan fingerprint density at radius 1 is 1.16 bits per heavy atom. The molecule has 0 aliphatic heterocycles. The Bertz CT molecular complexity index is 1270. The minimum atomic E-state index is -3.66. The Balaban J connectivity index is 2.46. The number of ether oxygens (including phenoxy) is 1. The van der Waals surface area contributed by atoms with Crippen molar-refractivity contribution in [3.05, 3.63) is 47.4 Å². The van der Waals surface area contributed by atoms with Gasteiger partial charge in [-0.2, -0.15) is 0 Å². The molecule has 9 nitrogen and oxygen atoms in total. The van der Waals surface area contributed by atoms with Gasteiger partial charge in [-0.25, -0.2) is 27.1 Å². The van der Waals surface area contributed by atoms with Crippen molar-refractivity contribution in [1.82, 2.24) is 9.97 Å². The van der Waals surface area contributed by atoms with Gasteiger partial charge in [0.2, 0.25) is 16.0 Å². The highest BCUT2D eigenvalue weighted by atomic mass is 32.2. The average molecular weight is 536 g/mol. The normalized spacial score (nSPS) is 13.1. The third-order valence-electron chi connectivity index (χ3n) is 5.09. The molecule has 1 atom stereocenters. The largest absolute Gasteiger partial charge is 0.460 e. The van der Waals surface area contributed by atoms with E-state index in [1.807, 2.05) is 13.8 Å². The van der Waals surface area contributed by atoms with Crippen molar-refractivity contribution in [3.63, 3.8) is 0 Å². The van der Waals surface area contributed by atoms with Crippen LogP contribution in [0.5, 0.6) is 0 Å². The van der Waals surface area contributed by atoms with Crippen molar-refractivity contribution < 1.29 is 32.2 Å². The monoisotopic (exact) mass is 535 g/mol. The molecule has 0 radical (unpaired) electrons. The molecular weight excluding hydrogens is 501 g/mol. The summed E-state index contributed by atoms with van der Waals surface area (Å²) in [5.74, 6) is -1.86. The fourth-order valence-electron chi connectivity index (χ4n) is 3.32. The maximum Gasteiger partial charge on any atom is 0.313 e. The second-order valence-corrected chi connectivity index (χ2v) is 12.0. The third kappa shape index (κ3) is 9.01. The van der Waals surface area contributed by atoms with Crippen LogP contribution in [-0.4, -0.2) is 60.3 Å². The van der Waals surface area contributed by atoms with E-state index in [1.54, 1.807) is 26.8 Å². The van der Waals surface area contributed by atoms with E-state index < -0.39 is 45.7 Å². The molecule has 0 aliphatic rings. The first-order valence-corrected chi connectivity index (χ1v) is 13.5. The van der Waals surface area contributed by atoms with Crippen molar-refractivity contribution in [2.24, 2.45) is 0 Å². The molecule has 37 heavy (non-hydrogen) atoms. The van der Waals surface area contributed by atoms with E-state index >= 15 is 0 Å². The fourth-order valence-corrected chi connectivity index (χ4v) is 3.69. The molecule has 1 aromatic heterocycles. The van der Waals surface area contributed by atoms with Gasteiger partial charge in [-0.05, 0) is 51.0 Å². The number of aliphatic hydroxyl groups is 1. The van der Waals surface area contributed by atoms with E-state index in [4.69, 9.17) is 4.74 Å². The summed E-state index contributed by atoms with van der Waals surface area (Å²) in [7, 11) is -2.33. The summed E-state index contributed by atoms with van der Waals surface area (Å²) >= 11 is 0. The Morgan fingerprint density at radius 3 is 2.27 bits per heavy atom. The number of carbonyl (C=O) groups excluding carboxylic acids is 2. The van der Waals surface area contributed by atoms with Crippen molar-refractivity contribution >= 4 is 33.8 Å². The zero-order chi connectivity index (χ0) is 28.1. The van der Waals surface area contributed by atoms with E-state index in [1.165, 1.54) is 37.4 Å². The lowest BCUT2D eigenvalue weighted by molar-refractivity contribution is -0.156. The smallest absolute Gasteiger partial charge is 0.313 e. The van der Waals surface area contributed by atoms with Gasteiger partial charge in [-0.15, -0.1) is 0 Å². The van der Waals surface area contributed by atoms with Crippen LogP contribution in [0.2, 0.25) is 0 Å². The molecule has 0 saturated carbocycles. The summed E-state index contributed by atoms with van der Waals surface area (Å²) < 4.78 is 44.0. The molecular formula is C26H34FN3O6S. The van der Waals surface area contributed by atoms with Crippen LogP contribution in [0.1, 0.15) is 64.6 Å². The number of Topliss-reactive ketones (excluding diaryl/α,β-unsaturated/α-hetero) is 1. The van der Waals surface area contributed by atoms with Crippen LogP contribution in [0.4, 0.5) is 10.3 Å². The van der Waals surface area contributed by atoms with Crippen LogP contribution in [-0.2, 0) is 24.3 Å². The van der Waals surface area contributed by atoms with E-state index in [0.29, 0.717) is 22.5 Å². The average Bonchev–Trinajstić information content (AvgIpc) is 2.75. The molecule has 0 saturated heterocycles. The standard InChI is InChI=1S/C26H34FN3O6S/c1-16(2)23-21(13-12-19(31)14-20(32)15-22(33)36-26(3,4)5)24(17-8-10-18(27)11-9-17)29-25(28-23)30(6)37(7,34)35/h8-13,16,19,31H,14-15H2,1-7H3/t19-/m0/s1. The number of rotatable bonds is 10. The van der Waals surface area contributed by atoms with Gasteiger partial charge in [0.15, 0.2) is 0 Å². The minimum absolute atomic E-state index is 0.0595. The molecule has 2 rings (SSSR count). The van der Waals surface area contributed by atoms with E-state index in [0.717, 1.165) is 10.6 Å². The molecule has 1 N–H and O–H groups in total.